The molecule has 5 rings (SSSR count). The highest BCUT2D eigenvalue weighted by molar-refractivity contribution is 9.10. The van der Waals surface area contributed by atoms with E-state index in [-0.39, 0.29) is 27.8 Å². The first-order chi connectivity index (χ1) is 21.1. The Kier molecular flexibility index (Phi) is 9.66. The van der Waals surface area contributed by atoms with Gasteiger partial charge in [-0.25, -0.2) is 30.9 Å². The predicted molar refractivity (Wildman–Crippen MR) is 165 cm³/mol. The summed E-state index contributed by atoms with van der Waals surface area (Å²) in [5, 5.41) is 3.16. The summed E-state index contributed by atoms with van der Waals surface area (Å²) in [6, 6.07) is 17.6. The van der Waals surface area contributed by atoms with Crippen LogP contribution in [0.1, 0.15) is 17.5 Å². The van der Waals surface area contributed by atoms with Crippen LogP contribution in [0.25, 0.3) is 0 Å². The van der Waals surface area contributed by atoms with E-state index in [2.05, 4.69) is 31.1 Å². The zero-order valence-electron chi connectivity index (χ0n) is 23.9. The fourth-order valence-electron chi connectivity index (χ4n) is 5.13. The molecule has 1 saturated heterocycles. The molecule has 1 unspecified atom stereocenters. The summed E-state index contributed by atoms with van der Waals surface area (Å²) in [7, 11) is -2.08. The summed E-state index contributed by atoms with van der Waals surface area (Å²) < 4.78 is 84.5. The van der Waals surface area contributed by atoms with Crippen molar-refractivity contribution in [3.8, 4) is 11.5 Å². The van der Waals surface area contributed by atoms with Crippen molar-refractivity contribution >= 4 is 37.5 Å². The molecule has 1 aliphatic heterocycles. The Bertz CT molecular complexity index is 1730. The van der Waals surface area contributed by atoms with Gasteiger partial charge in [-0.2, -0.15) is 0 Å². The van der Waals surface area contributed by atoms with Gasteiger partial charge in [-0.3, -0.25) is 4.90 Å². The van der Waals surface area contributed by atoms with E-state index in [9.17, 15) is 12.8 Å². The van der Waals surface area contributed by atoms with Crippen LogP contribution in [-0.4, -0.2) is 51.7 Å². The maximum absolute atomic E-state index is 15.9. The summed E-state index contributed by atoms with van der Waals surface area (Å²) >= 11 is 3.15. The number of pyridine rings is 1. The molecule has 0 aliphatic carbocycles. The van der Waals surface area contributed by atoms with Gasteiger partial charge in [0, 0.05) is 37.3 Å². The van der Waals surface area contributed by atoms with E-state index >= 15 is 8.78 Å². The molecule has 8 nitrogen and oxygen atoms in total. The van der Waals surface area contributed by atoms with Crippen molar-refractivity contribution in [1.82, 2.24) is 9.88 Å². The number of benzene rings is 3. The molecule has 0 bridgehead atoms. The molecular weight excluding hydrogens is 661 g/mol. The lowest BCUT2D eigenvalue weighted by molar-refractivity contribution is 0.328. The van der Waals surface area contributed by atoms with E-state index in [4.69, 9.17) is 9.47 Å². The summed E-state index contributed by atoms with van der Waals surface area (Å²) in [6.45, 7) is 1.74. The molecule has 0 radical (unpaired) electrons. The van der Waals surface area contributed by atoms with Crippen molar-refractivity contribution in [2.24, 2.45) is 0 Å². The number of aromatic nitrogens is 1. The topological polar surface area (TPSA) is 84.0 Å². The average Bonchev–Trinajstić information content (AvgIpc) is 3.45. The van der Waals surface area contributed by atoms with E-state index in [1.54, 1.807) is 18.2 Å². The van der Waals surface area contributed by atoms with Crippen LogP contribution in [0.5, 0.6) is 11.5 Å². The zero-order chi connectivity index (χ0) is 31.4. The number of nitrogens with zero attached hydrogens (tertiary/aromatic N) is 3. The van der Waals surface area contributed by atoms with Crippen LogP contribution in [0.4, 0.5) is 24.7 Å². The molecule has 44 heavy (non-hydrogen) atoms. The Morgan fingerprint density at radius 1 is 1.05 bits per heavy atom. The Morgan fingerprint density at radius 2 is 1.82 bits per heavy atom. The molecule has 0 saturated carbocycles. The smallest absolute Gasteiger partial charge is 0.271 e. The van der Waals surface area contributed by atoms with E-state index in [0.717, 1.165) is 49.5 Å². The van der Waals surface area contributed by atoms with E-state index < -0.39 is 38.9 Å². The number of hydrogen-bond acceptors (Lipinski definition) is 7. The number of ether oxygens (including phenoxy) is 2. The number of methoxy groups -OCH3 is 2. The largest absolute Gasteiger partial charge is 0.497 e. The van der Waals surface area contributed by atoms with Crippen LogP contribution in [-0.2, 0) is 23.1 Å². The molecule has 232 valence electrons. The van der Waals surface area contributed by atoms with Crippen molar-refractivity contribution in [2.75, 3.05) is 36.9 Å². The fraction of sp³-hybridized carbons (Fsp3) is 0.258. The van der Waals surface area contributed by atoms with Crippen molar-refractivity contribution < 1.29 is 31.1 Å². The van der Waals surface area contributed by atoms with Crippen LogP contribution in [0, 0.1) is 17.5 Å². The number of rotatable bonds is 11. The predicted octanol–water partition coefficient (Wildman–Crippen LogP) is 6.36. The highest BCUT2D eigenvalue weighted by Gasteiger charge is 2.35. The number of halogens is 4. The van der Waals surface area contributed by atoms with Gasteiger partial charge in [0.15, 0.2) is 10.7 Å². The second-order valence-corrected chi connectivity index (χ2v) is 12.8. The van der Waals surface area contributed by atoms with Crippen molar-refractivity contribution in [3.63, 3.8) is 0 Å². The quantitative estimate of drug-likeness (QED) is 0.183. The maximum atomic E-state index is 15.9. The highest BCUT2D eigenvalue weighted by atomic mass is 79.9. The summed E-state index contributed by atoms with van der Waals surface area (Å²) in [6.07, 6.45) is 1.55. The Morgan fingerprint density at radius 3 is 2.50 bits per heavy atom. The van der Waals surface area contributed by atoms with Gasteiger partial charge in [0.05, 0.1) is 37.1 Å². The molecule has 3 aromatic carbocycles. The third-order valence-electron chi connectivity index (χ3n) is 7.32. The number of nitrogens with one attached hydrogen (secondary N) is 1. The Balaban J connectivity index is 1.45. The Labute approximate surface area is 262 Å². The van der Waals surface area contributed by atoms with E-state index in [1.165, 1.54) is 14.2 Å². The number of anilines is 2. The standard InChI is InChI=1S/C31H30BrF3N4O4S/c1-42-24-10-8-21(27(14-24)43-2)18-39(28-11-9-22(33)16-36-28)44(40,41)31-25(34)15-26(29(32)30(31)35)37-23-12-13-38(19-23)17-20-6-4-3-5-7-20/h3-11,14-16,23,37H,12-13,17-19H2,1-2H3. The van der Waals surface area contributed by atoms with Crippen LogP contribution >= 0.6 is 15.9 Å². The molecule has 1 N–H and O–H groups in total. The number of hydrogen-bond donors (Lipinski definition) is 1. The third-order valence-corrected chi connectivity index (χ3v) is 9.88. The monoisotopic (exact) mass is 690 g/mol. The van der Waals surface area contributed by atoms with Crippen LogP contribution in [0.2, 0.25) is 0 Å². The first-order valence-corrected chi connectivity index (χ1v) is 15.9. The van der Waals surface area contributed by atoms with E-state index in [0.29, 0.717) is 22.2 Å². The molecule has 1 fully saturated rings. The van der Waals surface area contributed by atoms with Crippen LogP contribution < -0.4 is 19.1 Å². The number of likely N-dealkylation sites (tertiary alicyclic amines) is 1. The molecule has 13 heteroatoms. The van der Waals surface area contributed by atoms with Gasteiger partial charge in [-0.05, 0) is 58.2 Å². The molecule has 1 aromatic heterocycles. The summed E-state index contributed by atoms with van der Waals surface area (Å²) in [5.74, 6) is -2.83. The van der Waals surface area contributed by atoms with Gasteiger partial charge in [-0.1, -0.05) is 30.3 Å². The van der Waals surface area contributed by atoms with E-state index in [1.807, 2.05) is 30.3 Å². The molecule has 0 spiro atoms. The molecule has 1 atom stereocenters. The van der Waals surface area contributed by atoms with Gasteiger partial charge in [-0.15, -0.1) is 0 Å². The van der Waals surface area contributed by atoms with Crippen LogP contribution in [0.3, 0.4) is 0 Å². The fourth-order valence-corrected chi connectivity index (χ4v) is 7.20. The van der Waals surface area contributed by atoms with Gasteiger partial charge in [0.2, 0.25) is 0 Å². The Hall–Kier alpha value is -3.81. The SMILES string of the molecule is COc1ccc(CN(c2ccc(F)cn2)S(=O)(=O)c2c(F)cc(NC3CCN(Cc4ccccc4)C3)c(Br)c2F)c(OC)c1. The zero-order valence-corrected chi connectivity index (χ0v) is 26.3. The minimum Gasteiger partial charge on any atom is -0.497 e. The first-order valence-electron chi connectivity index (χ1n) is 13.7. The van der Waals surface area contributed by atoms with Crippen LogP contribution in [0.15, 0.2) is 82.3 Å². The first kappa shape index (κ1) is 31.6. The summed E-state index contributed by atoms with van der Waals surface area (Å²) in [4.78, 5) is 4.95. The molecule has 4 aromatic rings. The second kappa shape index (κ2) is 13.4. The van der Waals surface area contributed by atoms with Gasteiger partial charge in [0.25, 0.3) is 10.0 Å². The lowest BCUT2D eigenvalue weighted by atomic mass is 10.2. The third kappa shape index (κ3) is 6.79. The van der Waals surface area contributed by atoms with Gasteiger partial charge in [0.1, 0.15) is 29.0 Å². The molecule has 0 amide bonds. The number of sulfonamides is 1. The minimum absolute atomic E-state index is 0.0915. The molecule has 2 heterocycles. The van der Waals surface area contributed by atoms with Crippen molar-refractivity contribution in [3.05, 3.63) is 106 Å². The summed E-state index contributed by atoms with van der Waals surface area (Å²) in [5.41, 5.74) is 1.60. The average molecular weight is 692 g/mol. The van der Waals surface area contributed by atoms with Gasteiger partial charge >= 0.3 is 0 Å². The lowest BCUT2D eigenvalue weighted by Gasteiger charge is -2.26. The molecule has 1 aliphatic rings. The van der Waals surface area contributed by atoms with Crippen molar-refractivity contribution in [1.29, 1.82) is 0 Å². The highest BCUT2D eigenvalue weighted by Crippen LogP contribution is 2.37. The normalized spacial score (nSPS) is 15.3. The molecular formula is C31H30BrF3N4O4S. The minimum atomic E-state index is -4.93. The second-order valence-electron chi connectivity index (χ2n) is 10.2. The van der Waals surface area contributed by atoms with Gasteiger partial charge < -0.3 is 14.8 Å². The maximum Gasteiger partial charge on any atom is 0.271 e. The van der Waals surface area contributed by atoms with Crippen molar-refractivity contribution in [2.45, 2.75) is 30.4 Å². The lowest BCUT2D eigenvalue weighted by Crippen LogP contribution is -2.33.